The highest BCUT2D eigenvalue weighted by molar-refractivity contribution is 8.56. The molecule has 0 rings (SSSR count). The van der Waals surface area contributed by atoms with Crippen molar-refractivity contribution in [3.63, 3.8) is 0 Å². The van der Waals surface area contributed by atoms with Crippen LogP contribution in [0.3, 0.4) is 0 Å². The minimum atomic E-state index is -3.17. The molecule has 2 atom stereocenters. The summed E-state index contributed by atoms with van der Waals surface area (Å²) in [5.74, 6) is 1.68. The molecule has 0 aromatic heterocycles. The van der Waals surface area contributed by atoms with Gasteiger partial charge in [0.25, 0.3) is 6.57 Å². The Morgan fingerprint density at radius 1 is 0.839 bits per heavy atom. The molecule has 0 heterocycles. The molecule has 2 unspecified atom stereocenters. The number of rotatable bonds is 12. The van der Waals surface area contributed by atoms with E-state index in [4.69, 9.17) is 9.79 Å². The van der Waals surface area contributed by atoms with Gasteiger partial charge in [0.05, 0.1) is 6.61 Å². The Hall–Kier alpha value is 0.960. The summed E-state index contributed by atoms with van der Waals surface area (Å²) in [5.41, 5.74) is 0. The van der Waals surface area contributed by atoms with Crippen molar-refractivity contribution in [1.29, 1.82) is 0 Å². The summed E-state index contributed by atoms with van der Waals surface area (Å²) in [5, 5.41) is 0. The fraction of sp³-hybridized carbons (Fsp3) is 1.00. The third-order valence-corrected chi connectivity index (χ3v) is 7.83. The van der Waals surface area contributed by atoms with E-state index in [-0.39, 0.29) is 0 Å². The minimum Gasteiger partial charge on any atom is -0.337 e. The molecule has 0 fully saturated rings. The first kappa shape index (κ1) is 36.5. The zero-order valence-corrected chi connectivity index (χ0v) is 25.1. The Bertz CT molecular complexity index is 496. The Labute approximate surface area is 202 Å². The first-order chi connectivity index (χ1) is 13.9. The van der Waals surface area contributed by atoms with Crippen LogP contribution in [0.15, 0.2) is 0 Å². The molecular formula is C20H50N2O5P2S2. The van der Waals surface area contributed by atoms with Gasteiger partial charge in [0, 0.05) is 62.1 Å². The summed E-state index contributed by atoms with van der Waals surface area (Å²) in [4.78, 5) is 22.2. The molecule has 0 aromatic rings. The van der Waals surface area contributed by atoms with Crippen molar-refractivity contribution >= 4 is 38.2 Å². The first-order valence-corrected chi connectivity index (χ1v) is 17.3. The summed E-state index contributed by atoms with van der Waals surface area (Å²) in [7, 11) is -3.17. The van der Waals surface area contributed by atoms with E-state index in [1.165, 1.54) is 18.0 Å². The normalized spacial score (nSPS) is 15.6. The van der Waals surface area contributed by atoms with Crippen LogP contribution < -0.4 is 0 Å². The third-order valence-electron chi connectivity index (χ3n) is 4.06. The van der Waals surface area contributed by atoms with E-state index in [0.717, 1.165) is 31.3 Å². The average Bonchev–Trinajstić information content (AvgIpc) is 2.54. The molecule has 0 radical (unpaired) electrons. The molecular weight excluding hydrogens is 474 g/mol. The van der Waals surface area contributed by atoms with Gasteiger partial charge in [-0.2, -0.15) is 12.6 Å². The van der Waals surface area contributed by atoms with E-state index in [2.05, 4.69) is 82.3 Å². The first-order valence-electron chi connectivity index (χ1n) is 10.9. The zero-order chi connectivity index (χ0) is 25.4. The molecule has 0 spiro atoms. The number of nitrogens with zero attached hydrogens (tertiary/aromatic N) is 2. The van der Waals surface area contributed by atoms with Crippen LogP contribution in [0.2, 0.25) is 0 Å². The monoisotopic (exact) mass is 524 g/mol. The second-order valence-corrected chi connectivity index (χ2v) is 15.8. The van der Waals surface area contributed by atoms with Crippen LogP contribution in [0.25, 0.3) is 0 Å². The highest BCUT2D eigenvalue weighted by Gasteiger charge is 2.16. The average molecular weight is 525 g/mol. The Morgan fingerprint density at radius 3 is 1.35 bits per heavy atom. The van der Waals surface area contributed by atoms with Crippen molar-refractivity contribution in [1.82, 2.24) is 9.80 Å². The van der Waals surface area contributed by atoms with Crippen LogP contribution in [-0.2, 0) is 13.7 Å². The van der Waals surface area contributed by atoms with Crippen molar-refractivity contribution in [2.75, 3.05) is 44.5 Å². The lowest BCUT2D eigenvalue weighted by Crippen LogP contribution is -2.38. The zero-order valence-electron chi connectivity index (χ0n) is 21.6. The third kappa shape index (κ3) is 27.1. The molecule has 0 aliphatic heterocycles. The molecule has 0 aliphatic rings. The number of thiol groups is 1. The summed E-state index contributed by atoms with van der Waals surface area (Å²) < 4.78 is 25.5. The lowest BCUT2D eigenvalue weighted by molar-refractivity contribution is 0.187. The fourth-order valence-electron chi connectivity index (χ4n) is 2.90. The predicted molar refractivity (Wildman–Crippen MR) is 143 cm³/mol. The maximum atomic E-state index is 11.0. The second kappa shape index (κ2) is 19.3. The second-order valence-electron chi connectivity index (χ2n) is 8.43. The maximum absolute atomic E-state index is 11.0. The molecule has 0 saturated heterocycles. The molecule has 192 valence electrons. The van der Waals surface area contributed by atoms with Crippen LogP contribution in [0, 0.1) is 0 Å². The van der Waals surface area contributed by atoms with E-state index >= 15 is 0 Å². The van der Waals surface area contributed by atoms with Crippen LogP contribution >= 0.6 is 38.2 Å². The summed E-state index contributed by atoms with van der Waals surface area (Å²) in [6.07, 6.45) is 0. The van der Waals surface area contributed by atoms with Crippen LogP contribution in [0.5, 0.6) is 0 Å². The molecule has 0 amide bonds. The van der Waals surface area contributed by atoms with Crippen molar-refractivity contribution in [3.8, 4) is 0 Å². The number of hydrogen-bond donors (Lipinski definition) is 3. The van der Waals surface area contributed by atoms with E-state index in [1.807, 2.05) is 0 Å². The minimum absolute atomic E-state index is 0.296. The van der Waals surface area contributed by atoms with Gasteiger partial charge in [0.2, 0.25) is 0 Å². The largest absolute Gasteiger partial charge is 0.337 e. The Kier molecular flexibility index (Phi) is 22.7. The highest BCUT2D eigenvalue weighted by Crippen LogP contribution is 2.50. The molecule has 7 nitrogen and oxygen atoms in total. The van der Waals surface area contributed by atoms with Gasteiger partial charge in [-0.05, 0) is 62.3 Å². The van der Waals surface area contributed by atoms with Crippen molar-refractivity contribution in [3.05, 3.63) is 0 Å². The smallest absolute Gasteiger partial charge is 0.325 e. The Balaban J connectivity index is -0.000000404. The molecule has 0 saturated carbocycles. The van der Waals surface area contributed by atoms with E-state index < -0.39 is 14.2 Å². The van der Waals surface area contributed by atoms with Gasteiger partial charge >= 0.3 is 7.60 Å². The molecule has 11 heteroatoms. The van der Waals surface area contributed by atoms with E-state index in [1.54, 1.807) is 6.92 Å². The lowest BCUT2D eigenvalue weighted by Gasteiger charge is -2.30. The van der Waals surface area contributed by atoms with Crippen molar-refractivity contribution in [2.45, 2.75) is 86.5 Å². The van der Waals surface area contributed by atoms with Gasteiger partial charge in [-0.3, -0.25) is 18.9 Å². The predicted octanol–water partition coefficient (Wildman–Crippen LogP) is 5.53. The molecule has 0 aromatic carbocycles. The fourth-order valence-corrected chi connectivity index (χ4v) is 5.50. The van der Waals surface area contributed by atoms with Crippen LogP contribution in [0.4, 0.5) is 0 Å². The maximum Gasteiger partial charge on any atom is 0.325 e. The highest BCUT2D eigenvalue weighted by atomic mass is 32.7. The van der Waals surface area contributed by atoms with Gasteiger partial charge in [0.1, 0.15) is 0 Å². The SMILES string of the molecule is CC(C)N(CCS)C(C)C.CC(C)N(CCSP(C)(=O)O)C(C)C.CCOP(C)(=O)O. The van der Waals surface area contributed by atoms with Gasteiger partial charge < -0.3 is 14.3 Å². The van der Waals surface area contributed by atoms with Gasteiger partial charge in [-0.15, -0.1) is 0 Å². The van der Waals surface area contributed by atoms with Crippen molar-refractivity contribution in [2.24, 2.45) is 0 Å². The van der Waals surface area contributed by atoms with E-state index in [9.17, 15) is 9.13 Å². The number of hydrogen-bond acceptors (Lipinski definition) is 7. The van der Waals surface area contributed by atoms with Gasteiger partial charge in [-0.25, -0.2) is 0 Å². The van der Waals surface area contributed by atoms with Gasteiger partial charge in [-0.1, -0.05) is 11.4 Å². The summed E-state index contributed by atoms with van der Waals surface area (Å²) in [6, 6.07) is 2.27. The van der Waals surface area contributed by atoms with Crippen molar-refractivity contribution < 1.29 is 23.4 Å². The molecule has 31 heavy (non-hydrogen) atoms. The quantitative estimate of drug-likeness (QED) is 0.227. The van der Waals surface area contributed by atoms with Gasteiger partial charge in [0.15, 0.2) is 0 Å². The standard InChI is InChI=1S/C9H22NO2PS.C8H19NS.C3H9O3P/c1-8(2)10(9(3)4)6-7-14-13(5,11)12;1-7(2)9(5-6-10)8(3)4;1-3-6-7(2,4)5/h8-9H,6-7H2,1-5H3,(H,11,12);7-8,10H,5-6H2,1-4H3;3H2,1-2H3,(H,4,5). The topological polar surface area (TPSA) is 90.3 Å². The lowest BCUT2D eigenvalue weighted by atomic mass is 10.2. The Morgan fingerprint density at radius 2 is 1.19 bits per heavy atom. The molecule has 0 aliphatic carbocycles. The van der Waals surface area contributed by atoms with E-state index in [0.29, 0.717) is 30.8 Å². The van der Waals surface area contributed by atoms with Crippen LogP contribution in [0.1, 0.15) is 62.3 Å². The molecule has 0 bridgehead atoms. The van der Waals surface area contributed by atoms with Crippen LogP contribution in [-0.4, -0.2) is 88.3 Å². The molecule has 2 N–H and O–H groups in total. The summed E-state index contributed by atoms with van der Waals surface area (Å²) >= 11 is 5.37. The summed E-state index contributed by atoms with van der Waals surface area (Å²) in [6.45, 7) is 21.1.